The van der Waals surface area contributed by atoms with E-state index in [0.717, 1.165) is 31.2 Å². The van der Waals surface area contributed by atoms with E-state index in [0.29, 0.717) is 18.8 Å². The van der Waals surface area contributed by atoms with E-state index in [9.17, 15) is 21.6 Å². The molecule has 10 heteroatoms. The summed E-state index contributed by atoms with van der Waals surface area (Å²) in [4.78, 5) is 12.6. The second kappa shape index (κ2) is 13.0. The molecule has 0 aliphatic heterocycles. The van der Waals surface area contributed by atoms with Crippen molar-refractivity contribution in [2.75, 3.05) is 25.0 Å². The van der Waals surface area contributed by atoms with Crippen LogP contribution in [0.4, 0.5) is 5.69 Å². The molecule has 0 heterocycles. The highest BCUT2D eigenvalue weighted by Crippen LogP contribution is 2.20. The molecule has 1 amide bonds. The quantitative estimate of drug-likeness (QED) is 0.401. The van der Waals surface area contributed by atoms with Gasteiger partial charge >= 0.3 is 0 Å². The summed E-state index contributed by atoms with van der Waals surface area (Å²) in [5.74, 6) is -0.380. The van der Waals surface area contributed by atoms with E-state index >= 15 is 0 Å². The fraction of sp³-hybridized carbons (Fsp3) is 0.458. The minimum atomic E-state index is -3.69. The van der Waals surface area contributed by atoms with E-state index in [-0.39, 0.29) is 28.7 Å². The Balaban J connectivity index is 1.94. The predicted octanol–water partition coefficient (Wildman–Crippen LogP) is 3.89. The zero-order chi connectivity index (χ0) is 25.2. The van der Waals surface area contributed by atoms with Crippen LogP contribution in [0.3, 0.4) is 0 Å². The third kappa shape index (κ3) is 8.19. The Kier molecular flexibility index (Phi) is 10.7. The Morgan fingerprint density at radius 3 is 1.88 bits per heavy atom. The number of hydrogen-bond acceptors (Lipinski definition) is 5. The van der Waals surface area contributed by atoms with Gasteiger partial charge in [0.1, 0.15) is 0 Å². The average molecular weight is 510 g/mol. The third-order valence-electron chi connectivity index (χ3n) is 5.27. The maximum Gasteiger partial charge on any atom is 0.243 e. The molecule has 0 fully saturated rings. The van der Waals surface area contributed by atoms with Crippen LogP contribution in [0.15, 0.2) is 58.3 Å². The number of hydrogen-bond donors (Lipinski definition) is 2. The average Bonchev–Trinajstić information content (AvgIpc) is 2.79. The van der Waals surface area contributed by atoms with Crippen molar-refractivity contribution in [2.24, 2.45) is 0 Å². The number of rotatable bonds is 14. The highest BCUT2D eigenvalue weighted by atomic mass is 32.2. The molecule has 0 radical (unpaired) electrons. The fourth-order valence-corrected chi connectivity index (χ4v) is 5.75. The molecule has 34 heavy (non-hydrogen) atoms. The second-order valence-electron chi connectivity index (χ2n) is 8.14. The summed E-state index contributed by atoms with van der Waals surface area (Å²) in [5.41, 5.74) is 1.39. The highest BCUT2D eigenvalue weighted by Gasteiger charge is 2.23. The molecule has 0 saturated heterocycles. The normalized spacial score (nSPS) is 12.1. The van der Waals surface area contributed by atoms with Crippen LogP contribution < -0.4 is 10.0 Å². The molecular formula is C24H35N3O5S2. The molecule has 2 aromatic carbocycles. The van der Waals surface area contributed by atoms with Crippen molar-refractivity contribution in [3.8, 4) is 0 Å². The lowest BCUT2D eigenvalue weighted by atomic mass is 10.2. The van der Waals surface area contributed by atoms with Crippen molar-refractivity contribution in [3.63, 3.8) is 0 Å². The van der Waals surface area contributed by atoms with Gasteiger partial charge in [0.15, 0.2) is 0 Å². The molecule has 0 aliphatic rings. The monoisotopic (exact) mass is 509 g/mol. The summed E-state index contributed by atoms with van der Waals surface area (Å²) in [6.45, 7) is 6.82. The van der Waals surface area contributed by atoms with Gasteiger partial charge in [-0.2, -0.15) is 4.31 Å². The van der Waals surface area contributed by atoms with Crippen molar-refractivity contribution in [1.82, 2.24) is 9.03 Å². The summed E-state index contributed by atoms with van der Waals surface area (Å²) >= 11 is 0. The van der Waals surface area contributed by atoms with Crippen molar-refractivity contribution >= 4 is 31.6 Å². The number of carbonyl (C=O) groups excluding carboxylic acids is 1. The Morgan fingerprint density at radius 1 is 0.824 bits per heavy atom. The van der Waals surface area contributed by atoms with Crippen LogP contribution in [0, 0.1) is 6.92 Å². The zero-order valence-electron chi connectivity index (χ0n) is 20.1. The maximum absolute atomic E-state index is 13.0. The van der Waals surface area contributed by atoms with Gasteiger partial charge in [0.2, 0.25) is 26.0 Å². The number of anilines is 1. The van der Waals surface area contributed by atoms with Gasteiger partial charge in [0, 0.05) is 31.7 Å². The van der Waals surface area contributed by atoms with Crippen molar-refractivity contribution in [1.29, 1.82) is 0 Å². The highest BCUT2D eigenvalue weighted by molar-refractivity contribution is 7.89. The van der Waals surface area contributed by atoms with Crippen LogP contribution in [0.1, 0.15) is 51.5 Å². The lowest BCUT2D eigenvalue weighted by molar-refractivity contribution is -0.116. The van der Waals surface area contributed by atoms with Gasteiger partial charge < -0.3 is 5.32 Å². The smallest absolute Gasteiger partial charge is 0.243 e. The van der Waals surface area contributed by atoms with E-state index in [1.54, 1.807) is 24.3 Å². The molecule has 188 valence electrons. The Hall–Kier alpha value is -2.27. The van der Waals surface area contributed by atoms with Crippen molar-refractivity contribution in [2.45, 2.75) is 62.7 Å². The molecule has 0 spiro atoms. The Bertz CT molecular complexity index is 1120. The van der Waals surface area contributed by atoms with Crippen molar-refractivity contribution < 1.29 is 21.6 Å². The Labute approximate surface area is 203 Å². The number of amides is 1. The molecule has 0 saturated carbocycles. The van der Waals surface area contributed by atoms with Crippen LogP contribution in [0.5, 0.6) is 0 Å². The second-order valence-corrected chi connectivity index (χ2v) is 11.8. The number of unbranched alkanes of at least 4 members (excludes halogenated alkanes) is 2. The summed E-state index contributed by atoms with van der Waals surface area (Å²) in [6.07, 6.45) is 3.34. The Morgan fingerprint density at radius 2 is 1.35 bits per heavy atom. The van der Waals surface area contributed by atoms with Gasteiger partial charge in [-0.1, -0.05) is 44.4 Å². The topological polar surface area (TPSA) is 113 Å². The van der Waals surface area contributed by atoms with Gasteiger partial charge in [0.05, 0.1) is 9.79 Å². The lowest BCUT2D eigenvalue weighted by Gasteiger charge is -2.22. The number of carbonyl (C=O) groups is 1. The van der Waals surface area contributed by atoms with E-state index in [1.165, 1.54) is 28.6 Å². The van der Waals surface area contributed by atoms with Crippen LogP contribution in [-0.4, -0.2) is 46.7 Å². The van der Waals surface area contributed by atoms with Crippen LogP contribution in [-0.2, 0) is 24.8 Å². The fourth-order valence-electron chi connectivity index (χ4n) is 3.20. The molecule has 0 unspecified atom stereocenters. The molecule has 0 atom stereocenters. The molecular weight excluding hydrogens is 474 g/mol. The number of aryl methyl sites for hydroxylation is 1. The van der Waals surface area contributed by atoms with Gasteiger partial charge in [-0.15, -0.1) is 0 Å². The molecule has 0 aromatic heterocycles. The molecule has 0 aliphatic carbocycles. The van der Waals surface area contributed by atoms with Gasteiger partial charge in [0.25, 0.3) is 0 Å². The summed E-state index contributed by atoms with van der Waals surface area (Å²) in [7, 11) is -7.30. The van der Waals surface area contributed by atoms with E-state index in [4.69, 9.17) is 0 Å². The first-order chi connectivity index (χ1) is 16.1. The first-order valence-electron chi connectivity index (χ1n) is 11.6. The molecule has 2 rings (SSSR count). The first-order valence-corrected chi connectivity index (χ1v) is 14.5. The lowest BCUT2D eigenvalue weighted by Crippen LogP contribution is -2.33. The minimum absolute atomic E-state index is 0.0572. The van der Waals surface area contributed by atoms with Gasteiger partial charge in [-0.25, -0.2) is 21.6 Å². The summed E-state index contributed by atoms with van der Waals surface area (Å²) < 4.78 is 54.6. The molecule has 0 bridgehead atoms. The largest absolute Gasteiger partial charge is 0.326 e. The standard InChI is InChI=1S/C24H35N3O5S2/c1-4-6-18-27(19-7-5-2)34(31,32)23-14-10-21(11-15-23)26-24(28)16-17-25-33(29,30)22-12-8-20(3)9-13-22/h8-15,25H,4-7,16-19H2,1-3H3,(H,26,28). The van der Waals surface area contributed by atoms with Crippen molar-refractivity contribution in [3.05, 3.63) is 54.1 Å². The predicted molar refractivity (Wildman–Crippen MR) is 135 cm³/mol. The van der Waals surface area contributed by atoms with Crippen LogP contribution >= 0.6 is 0 Å². The van der Waals surface area contributed by atoms with E-state index in [2.05, 4.69) is 10.0 Å². The molecule has 8 nitrogen and oxygen atoms in total. The molecule has 2 aromatic rings. The van der Waals surface area contributed by atoms with Gasteiger partial charge in [-0.3, -0.25) is 4.79 Å². The minimum Gasteiger partial charge on any atom is -0.326 e. The van der Waals surface area contributed by atoms with Crippen LogP contribution in [0.25, 0.3) is 0 Å². The number of nitrogens with one attached hydrogen (secondary N) is 2. The van der Waals surface area contributed by atoms with Gasteiger partial charge in [-0.05, 0) is 56.2 Å². The first kappa shape index (κ1) is 28.0. The third-order valence-corrected chi connectivity index (χ3v) is 8.66. The summed E-state index contributed by atoms with van der Waals surface area (Å²) in [5, 5.41) is 2.67. The SMILES string of the molecule is CCCCN(CCCC)S(=O)(=O)c1ccc(NC(=O)CCNS(=O)(=O)c2ccc(C)cc2)cc1. The molecule has 2 N–H and O–H groups in total. The maximum atomic E-state index is 13.0. The van der Waals surface area contributed by atoms with E-state index < -0.39 is 20.0 Å². The number of sulfonamides is 2. The summed E-state index contributed by atoms with van der Waals surface area (Å²) in [6, 6.07) is 12.5. The number of benzene rings is 2. The number of nitrogens with zero attached hydrogens (tertiary/aromatic N) is 1. The zero-order valence-corrected chi connectivity index (χ0v) is 21.7. The van der Waals surface area contributed by atoms with E-state index in [1.807, 2.05) is 20.8 Å². The van der Waals surface area contributed by atoms with Crippen LogP contribution in [0.2, 0.25) is 0 Å².